The highest BCUT2D eigenvalue weighted by Gasteiger charge is 2.05. The second-order valence-corrected chi connectivity index (χ2v) is 5.48. The second kappa shape index (κ2) is 8.77. The van der Waals surface area contributed by atoms with Crippen molar-refractivity contribution >= 4 is 15.9 Å². The zero-order valence-electron chi connectivity index (χ0n) is 12.0. The summed E-state index contributed by atoms with van der Waals surface area (Å²) in [5.74, 6) is 0.889. The predicted octanol–water partition coefficient (Wildman–Crippen LogP) is 3.16. The molecule has 112 valence electrons. The van der Waals surface area contributed by atoms with E-state index in [2.05, 4.69) is 32.3 Å². The van der Waals surface area contributed by atoms with Gasteiger partial charge in [-0.3, -0.25) is 4.98 Å². The summed E-state index contributed by atoms with van der Waals surface area (Å²) < 4.78 is 12.0. The van der Waals surface area contributed by atoms with E-state index in [-0.39, 0.29) is 0 Å². The summed E-state index contributed by atoms with van der Waals surface area (Å²) >= 11 is 3.50. The summed E-state index contributed by atoms with van der Waals surface area (Å²) in [5.41, 5.74) is 2.22. The number of pyridine rings is 1. The average molecular weight is 351 g/mol. The number of hydrogen-bond acceptors (Lipinski definition) is 4. The number of nitrogens with zero attached hydrogens (tertiary/aromatic N) is 1. The Morgan fingerprint density at radius 2 is 2.00 bits per heavy atom. The summed E-state index contributed by atoms with van der Waals surface area (Å²) in [6.07, 6.45) is 3.54. The molecule has 0 amide bonds. The van der Waals surface area contributed by atoms with E-state index < -0.39 is 0 Å². The van der Waals surface area contributed by atoms with Gasteiger partial charge in [-0.25, -0.2) is 0 Å². The Kier molecular flexibility index (Phi) is 6.66. The van der Waals surface area contributed by atoms with Gasteiger partial charge in [0.25, 0.3) is 0 Å². The van der Waals surface area contributed by atoms with E-state index in [9.17, 15) is 0 Å². The minimum Gasteiger partial charge on any atom is -0.489 e. The molecule has 0 aliphatic heterocycles. The zero-order valence-corrected chi connectivity index (χ0v) is 13.6. The molecule has 1 aromatic carbocycles. The van der Waals surface area contributed by atoms with Gasteiger partial charge in [0.1, 0.15) is 12.4 Å². The van der Waals surface area contributed by atoms with Crippen molar-refractivity contribution in [1.29, 1.82) is 0 Å². The molecule has 0 unspecified atom stereocenters. The molecule has 2 rings (SSSR count). The van der Waals surface area contributed by atoms with Crippen LogP contribution in [0.25, 0.3) is 0 Å². The van der Waals surface area contributed by atoms with Crippen LogP contribution in [0.15, 0.2) is 47.2 Å². The molecule has 1 heterocycles. The summed E-state index contributed by atoms with van der Waals surface area (Å²) in [6, 6.07) is 9.95. The van der Waals surface area contributed by atoms with E-state index in [1.807, 2.05) is 24.3 Å². The molecular weight excluding hydrogens is 332 g/mol. The minimum absolute atomic E-state index is 0.537. The zero-order chi connectivity index (χ0) is 14.9. The maximum absolute atomic E-state index is 5.92. The number of halogens is 1. The Bertz CT molecular complexity index is 549. The van der Waals surface area contributed by atoms with Gasteiger partial charge in [-0.1, -0.05) is 15.9 Å². The van der Waals surface area contributed by atoms with Crippen molar-refractivity contribution in [2.75, 3.05) is 20.3 Å². The Labute approximate surface area is 133 Å². The van der Waals surface area contributed by atoms with Crippen molar-refractivity contribution in [2.24, 2.45) is 0 Å². The minimum atomic E-state index is 0.537. The lowest BCUT2D eigenvalue weighted by Gasteiger charge is -2.13. The van der Waals surface area contributed by atoms with Crippen LogP contribution in [-0.2, 0) is 17.9 Å². The standard InChI is InChI=1S/C16H19BrN2O2/c1-20-9-8-19-11-14-10-15(17)2-3-16(14)21-12-13-4-6-18-7-5-13/h2-7,10,19H,8-9,11-12H2,1H3. The Morgan fingerprint density at radius 1 is 1.19 bits per heavy atom. The SMILES string of the molecule is COCCNCc1cc(Br)ccc1OCc1ccncc1. The first-order chi connectivity index (χ1) is 10.3. The summed E-state index contributed by atoms with van der Waals surface area (Å²) in [4.78, 5) is 4.00. The fourth-order valence-electron chi connectivity index (χ4n) is 1.86. The molecule has 0 spiro atoms. The molecule has 0 radical (unpaired) electrons. The van der Waals surface area contributed by atoms with Crippen molar-refractivity contribution in [1.82, 2.24) is 10.3 Å². The Morgan fingerprint density at radius 3 is 2.76 bits per heavy atom. The number of benzene rings is 1. The van der Waals surface area contributed by atoms with Gasteiger partial charge in [-0.15, -0.1) is 0 Å². The average Bonchev–Trinajstić information content (AvgIpc) is 2.52. The van der Waals surface area contributed by atoms with Gasteiger partial charge >= 0.3 is 0 Å². The van der Waals surface area contributed by atoms with E-state index in [4.69, 9.17) is 9.47 Å². The number of ether oxygens (including phenoxy) is 2. The molecule has 0 saturated heterocycles. The third-order valence-electron chi connectivity index (χ3n) is 2.96. The van der Waals surface area contributed by atoms with E-state index in [1.165, 1.54) is 0 Å². The highest BCUT2D eigenvalue weighted by molar-refractivity contribution is 9.10. The smallest absolute Gasteiger partial charge is 0.124 e. The van der Waals surface area contributed by atoms with Gasteiger partial charge in [-0.05, 0) is 35.9 Å². The lowest BCUT2D eigenvalue weighted by atomic mass is 10.2. The van der Waals surface area contributed by atoms with Crippen LogP contribution in [-0.4, -0.2) is 25.2 Å². The van der Waals surface area contributed by atoms with Crippen LogP contribution < -0.4 is 10.1 Å². The first-order valence-corrected chi connectivity index (χ1v) is 7.58. The quantitative estimate of drug-likeness (QED) is 0.742. The molecule has 4 nitrogen and oxygen atoms in total. The van der Waals surface area contributed by atoms with Crippen LogP contribution >= 0.6 is 15.9 Å². The lowest BCUT2D eigenvalue weighted by Crippen LogP contribution is -2.19. The van der Waals surface area contributed by atoms with Gasteiger partial charge in [0.2, 0.25) is 0 Å². The highest BCUT2D eigenvalue weighted by atomic mass is 79.9. The van der Waals surface area contributed by atoms with Crippen molar-refractivity contribution in [3.05, 3.63) is 58.3 Å². The van der Waals surface area contributed by atoms with Crippen molar-refractivity contribution in [3.8, 4) is 5.75 Å². The Hall–Kier alpha value is -1.43. The van der Waals surface area contributed by atoms with E-state index >= 15 is 0 Å². The first-order valence-electron chi connectivity index (χ1n) is 6.79. The molecule has 21 heavy (non-hydrogen) atoms. The molecule has 1 N–H and O–H groups in total. The number of aromatic nitrogens is 1. The number of methoxy groups -OCH3 is 1. The molecular formula is C16H19BrN2O2. The van der Waals surface area contributed by atoms with Crippen molar-refractivity contribution in [2.45, 2.75) is 13.2 Å². The predicted molar refractivity (Wildman–Crippen MR) is 86.3 cm³/mol. The largest absolute Gasteiger partial charge is 0.489 e. The molecule has 0 aliphatic carbocycles. The van der Waals surface area contributed by atoms with Gasteiger partial charge in [0.15, 0.2) is 0 Å². The van der Waals surface area contributed by atoms with Gasteiger partial charge in [0, 0.05) is 42.6 Å². The molecule has 0 bridgehead atoms. The van der Waals surface area contributed by atoms with Crippen LogP contribution in [0.1, 0.15) is 11.1 Å². The number of rotatable bonds is 8. The van der Waals surface area contributed by atoms with Gasteiger partial charge in [-0.2, -0.15) is 0 Å². The molecule has 1 aromatic heterocycles. The summed E-state index contributed by atoms with van der Waals surface area (Å²) in [7, 11) is 1.70. The monoisotopic (exact) mass is 350 g/mol. The fraction of sp³-hybridized carbons (Fsp3) is 0.312. The van der Waals surface area contributed by atoms with E-state index in [0.717, 1.165) is 34.4 Å². The topological polar surface area (TPSA) is 43.4 Å². The molecule has 0 fully saturated rings. The number of nitrogens with one attached hydrogen (secondary N) is 1. The fourth-order valence-corrected chi connectivity index (χ4v) is 2.27. The van der Waals surface area contributed by atoms with Crippen molar-refractivity contribution in [3.63, 3.8) is 0 Å². The van der Waals surface area contributed by atoms with Crippen molar-refractivity contribution < 1.29 is 9.47 Å². The molecule has 0 aliphatic rings. The number of hydrogen-bond donors (Lipinski definition) is 1. The van der Waals surface area contributed by atoms with Crippen LogP contribution in [0, 0.1) is 0 Å². The van der Waals surface area contributed by atoms with E-state index in [1.54, 1.807) is 19.5 Å². The molecule has 5 heteroatoms. The Balaban J connectivity index is 1.97. The maximum atomic E-state index is 5.92. The molecule has 2 aromatic rings. The molecule has 0 atom stereocenters. The second-order valence-electron chi connectivity index (χ2n) is 4.57. The van der Waals surface area contributed by atoms with Crippen LogP contribution in [0.5, 0.6) is 5.75 Å². The van der Waals surface area contributed by atoms with Crippen LogP contribution in [0.4, 0.5) is 0 Å². The third-order valence-corrected chi connectivity index (χ3v) is 3.46. The van der Waals surface area contributed by atoms with Gasteiger partial charge < -0.3 is 14.8 Å². The third kappa shape index (κ3) is 5.46. The summed E-state index contributed by atoms with van der Waals surface area (Å²) in [6.45, 7) is 2.79. The van der Waals surface area contributed by atoms with E-state index in [0.29, 0.717) is 13.2 Å². The lowest BCUT2D eigenvalue weighted by molar-refractivity contribution is 0.199. The van der Waals surface area contributed by atoms with Crippen LogP contribution in [0.3, 0.4) is 0 Å². The summed E-state index contributed by atoms with van der Waals surface area (Å²) in [5, 5.41) is 3.33. The molecule has 0 saturated carbocycles. The normalized spacial score (nSPS) is 10.6. The van der Waals surface area contributed by atoms with Gasteiger partial charge in [0.05, 0.1) is 6.61 Å². The highest BCUT2D eigenvalue weighted by Crippen LogP contribution is 2.24. The maximum Gasteiger partial charge on any atom is 0.124 e. The van der Waals surface area contributed by atoms with Crippen LogP contribution in [0.2, 0.25) is 0 Å². The first kappa shape index (κ1) is 15.9.